The number of hydrogen-bond donors (Lipinski definition) is 2. The third kappa shape index (κ3) is 6.08. The van der Waals surface area contributed by atoms with E-state index in [0.29, 0.717) is 16.5 Å². The van der Waals surface area contributed by atoms with Crippen molar-refractivity contribution in [3.63, 3.8) is 0 Å². The molecule has 37 heavy (non-hydrogen) atoms. The zero-order valence-electron chi connectivity index (χ0n) is 20.9. The van der Waals surface area contributed by atoms with Crippen molar-refractivity contribution in [2.45, 2.75) is 13.8 Å². The number of carbonyl (C=O) groups excluding carboxylic acids is 1. The van der Waals surface area contributed by atoms with Gasteiger partial charge in [-0.3, -0.25) is 14.8 Å². The lowest BCUT2D eigenvalue weighted by Crippen LogP contribution is -2.26. The Morgan fingerprint density at radius 2 is 1.38 bits per heavy atom. The standard InChI is InChI=1S/C28H22FN5O.C2H6/c1-34(28(35)19-2-5-21(6-3-19)32-23-12-15-30-16-13-23)24-9-7-22(8-10-24)33-27-14-17-31-26-11-4-20(29)18-25(26)27;1-2/h2-18H,1H3,(H,30,32)(H,31,33);1-2H3. The number of anilines is 5. The van der Waals surface area contributed by atoms with Crippen molar-refractivity contribution in [2.24, 2.45) is 0 Å². The van der Waals surface area contributed by atoms with Crippen LogP contribution in [0.4, 0.5) is 32.8 Å². The van der Waals surface area contributed by atoms with Gasteiger partial charge in [0.15, 0.2) is 0 Å². The molecule has 3 aromatic carbocycles. The minimum absolute atomic E-state index is 0.114. The number of nitrogens with one attached hydrogen (secondary N) is 2. The van der Waals surface area contributed by atoms with Crippen molar-refractivity contribution >= 4 is 45.2 Å². The fourth-order valence-corrected chi connectivity index (χ4v) is 3.76. The fourth-order valence-electron chi connectivity index (χ4n) is 3.76. The molecule has 186 valence electrons. The molecule has 5 rings (SSSR count). The molecule has 0 saturated heterocycles. The van der Waals surface area contributed by atoms with Crippen molar-refractivity contribution in [3.8, 4) is 0 Å². The summed E-state index contributed by atoms with van der Waals surface area (Å²) >= 11 is 0. The van der Waals surface area contributed by atoms with E-state index in [2.05, 4.69) is 20.6 Å². The smallest absolute Gasteiger partial charge is 0.258 e. The number of benzene rings is 3. The average Bonchev–Trinajstić information content (AvgIpc) is 2.95. The van der Waals surface area contributed by atoms with Crippen LogP contribution in [0.5, 0.6) is 0 Å². The van der Waals surface area contributed by atoms with Gasteiger partial charge in [-0.25, -0.2) is 4.39 Å². The predicted molar refractivity (Wildman–Crippen MR) is 149 cm³/mol. The zero-order valence-corrected chi connectivity index (χ0v) is 20.9. The maximum atomic E-state index is 13.7. The van der Waals surface area contributed by atoms with Crippen molar-refractivity contribution in [3.05, 3.63) is 115 Å². The highest BCUT2D eigenvalue weighted by Crippen LogP contribution is 2.27. The second-order valence-electron chi connectivity index (χ2n) is 7.99. The summed E-state index contributed by atoms with van der Waals surface area (Å²) in [5, 5.41) is 7.28. The minimum atomic E-state index is -0.315. The van der Waals surface area contributed by atoms with E-state index >= 15 is 0 Å². The molecule has 2 heterocycles. The van der Waals surface area contributed by atoms with E-state index in [1.165, 1.54) is 12.1 Å². The second-order valence-corrected chi connectivity index (χ2v) is 7.99. The summed E-state index contributed by atoms with van der Waals surface area (Å²) in [6.07, 6.45) is 5.12. The molecular formula is C30H28FN5O. The Morgan fingerprint density at radius 3 is 2.08 bits per heavy atom. The number of halogens is 1. The van der Waals surface area contributed by atoms with E-state index in [1.54, 1.807) is 54.8 Å². The van der Waals surface area contributed by atoms with Gasteiger partial charge in [0.05, 0.1) is 5.52 Å². The molecule has 1 amide bonds. The highest BCUT2D eigenvalue weighted by Gasteiger charge is 2.14. The number of carbonyl (C=O) groups is 1. The lowest BCUT2D eigenvalue weighted by atomic mass is 10.1. The Morgan fingerprint density at radius 1 is 0.757 bits per heavy atom. The molecule has 0 aliphatic rings. The van der Waals surface area contributed by atoms with Gasteiger partial charge in [-0.15, -0.1) is 0 Å². The van der Waals surface area contributed by atoms with Gasteiger partial charge < -0.3 is 15.5 Å². The van der Waals surface area contributed by atoms with Crippen molar-refractivity contribution < 1.29 is 9.18 Å². The molecule has 0 fully saturated rings. The van der Waals surface area contributed by atoms with E-state index in [9.17, 15) is 9.18 Å². The third-order valence-electron chi connectivity index (χ3n) is 5.64. The third-order valence-corrected chi connectivity index (χ3v) is 5.64. The van der Waals surface area contributed by atoms with Crippen LogP contribution in [-0.2, 0) is 0 Å². The molecule has 0 aliphatic heterocycles. The van der Waals surface area contributed by atoms with Crippen molar-refractivity contribution in [1.82, 2.24) is 9.97 Å². The monoisotopic (exact) mass is 493 g/mol. The Hall–Kier alpha value is -4.78. The van der Waals surface area contributed by atoms with Crippen molar-refractivity contribution in [1.29, 1.82) is 0 Å². The van der Waals surface area contributed by atoms with Crippen LogP contribution < -0.4 is 15.5 Å². The first-order chi connectivity index (χ1) is 18.1. The summed E-state index contributed by atoms with van der Waals surface area (Å²) < 4.78 is 13.7. The number of pyridine rings is 2. The van der Waals surface area contributed by atoms with Crippen LogP contribution in [-0.4, -0.2) is 22.9 Å². The lowest BCUT2D eigenvalue weighted by Gasteiger charge is -2.18. The molecule has 0 unspecified atom stereocenters. The Balaban J connectivity index is 0.00000156. The Labute approximate surface area is 215 Å². The topological polar surface area (TPSA) is 70.2 Å². The van der Waals surface area contributed by atoms with Gasteiger partial charge in [-0.2, -0.15) is 0 Å². The maximum Gasteiger partial charge on any atom is 0.258 e. The molecule has 7 heteroatoms. The predicted octanol–water partition coefficient (Wildman–Crippen LogP) is 7.56. The van der Waals surface area contributed by atoms with Gasteiger partial charge in [-0.1, -0.05) is 13.8 Å². The Bertz CT molecular complexity index is 1470. The molecule has 0 radical (unpaired) electrons. The van der Waals surface area contributed by atoms with Crippen LogP contribution in [0.15, 0.2) is 104 Å². The molecule has 0 atom stereocenters. The van der Waals surface area contributed by atoms with E-state index in [0.717, 1.165) is 28.4 Å². The van der Waals surface area contributed by atoms with Gasteiger partial charge in [0.1, 0.15) is 5.82 Å². The summed E-state index contributed by atoms with van der Waals surface area (Å²) in [6, 6.07) is 24.9. The molecule has 0 aliphatic carbocycles. The summed E-state index contributed by atoms with van der Waals surface area (Å²) in [7, 11) is 1.74. The van der Waals surface area contributed by atoms with Crippen LogP contribution in [0.2, 0.25) is 0 Å². The fraction of sp³-hybridized carbons (Fsp3) is 0.100. The molecular weight excluding hydrogens is 465 g/mol. The summed E-state index contributed by atoms with van der Waals surface area (Å²) in [5.41, 5.74) is 5.43. The van der Waals surface area contributed by atoms with E-state index < -0.39 is 0 Å². The number of hydrogen-bond acceptors (Lipinski definition) is 5. The first-order valence-corrected chi connectivity index (χ1v) is 12.0. The summed E-state index contributed by atoms with van der Waals surface area (Å²) in [5.74, 6) is -0.429. The summed E-state index contributed by atoms with van der Waals surface area (Å²) in [4.78, 5) is 22.9. The number of fused-ring (bicyclic) bond motifs is 1. The van der Waals surface area contributed by atoms with Crippen LogP contribution in [0.1, 0.15) is 24.2 Å². The first-order valence-electron chi connectivity index (χ1n) is 12.0. The zero-order chi connectivity index (χ0) is 26.2. The highest BCUT2D eigenvalue weighted by molar-refractivity contribution is 6.06. The molecule has 5 aromatic rings. The van der Waals surface area contributed by atoms with Gasteiger partial charge >= 0.3 is 0 Å². The molecule has 2 N–H and O–H groups in total. The highest BCUT2D eigenvalue weighted by atomic mass is 19.1. The second kappa shape index (κ2) is 11.8. The van der Waals surface area contributed by atoms with Gasteiger partial charge in [0.25, 0.3) is 5.91 Å². The summed E-state index contributed by atoms with van der Waals surface area (Å²) in [6.45, 7) is 4.00. The molecule has 6 nitrogen and oxygen atoms in total. The van der Waals surface area contributed by atoms with Crippen LogP contribution in [0.25, 0.3) is 10.9 Å². The molecule has 0 spiro atoms. The molecule has 0 saturated carbocycles. The maximum absolute atomic E-state index is 13.7. The van der Waals surface area contributed by atoms with Gasteiger partial charge in [-0.05, 0) is 84.9 Å². The van der Waals surface area contributed by atoms with E-state index in [-0.39, 0.29) is 11.7 Å². The molecule has 2 aromatic heterocycles. The quantitative estimate of drug-likeness (QED) is 0.255. The Kier molecular flexibility index (Phi) is 8.05. The first kappa shape index (κ1) is 25.3. The lowest BCUT2D eigenvalue weighted by molar-refractivity contribution is 0.0993. The van der Waals surface area contributed by atoms with Crippen LogP contribution in [0.3, 0.4) is 0 Å². The van der Waals surface area contributed by atoms with Gasteiger partial charge in [0, 0.05) is 65.0 Å². The molecule has 0 bridgehead atoms. The van der Waals surface area contributed by atoms with Crippen LogP contribution in [0, 0.1) is 5.82 Å². The number of amides is 1. The number of nitrogens with zero attached hydrogens (tertiary/aromatic N) is 3. The van der Waals surface area contributed by atoms with E-state index in [4.69, 9.17) is 0 Å². The SMILES string of the molecule is CC.CN(C(=O)c1ccc(Nc2ccncc2)cc1)c1ccc(Nc2ccnc3ccc(F)cc23)cc1. The minimum Gasteiger partial charge on any atom is -0.355 e. The number of aromatic nitrogens is 2. The van der Waals surface area contributed by atoms with Crippen LogP contribution >= 0.6 is 0 Å². The van der Waals surface area contributed by atoms with Crippen molar-refractivity contribution in [2.75, 3.05) is 22.6 Å². The van der Waals surface area contributed by atoms with E-state index in [1.807, 2.05) is 62.4 Å². The normalized spacial score (nSPS) is 10.3. The number of rotatable bonds is 6. The average molecular weight is 494 g/mol. The van der Waals surface area contributed by atoms with Gasteiger partial charge in [0.2, 0.25) is 0 Å². The largest absolute Gasteiger partial charge is 0.355 e.